The predicted molar refractivity (Wildman–Crippen MR) is 80.4 cm³/mol. The number of piperidine rings is 1. The molecule has 1 aromatic carbocycles. The molecule has 1 heterocycles. The molecule has 2 N–H and O–H groups in total. The fourth-order valence-corrected chi connectivity index (χ4v) is 3.26. The number of benzene rings is 1. The predicted octanol–water partition coefficient (Wildman–Crippen LogP) is 3.54. The van der Waals surface area contributed by atoms with E-state index in [1.54, 1.807) is 12.1 Å². The maximum absolute atomic E-state index is 13.3. The summed E-state index contributed by atoms with van der Waals surface area (Å²) in [5.41, 5.74) is 6.91. The molecule has 106 valence electrons. The Balaban J connectivity index is 2.07. The highest BCUT2D eigenvalue weighted by Crippen LogP contribution is 2.28. The van der Waals surface area contributed by atoms with Crippen molar-refractivity contribution in [1.82, 2.24) is 4.90 Å². The van der Waals surface area contributed by atoms with Gasteiger partial charge < -0.3 is 5.73 Å². The molecule has 0 radical (unpaired) electrons. The van der Waals surface area contributed by atoms with Crippen molar-refractivity contribution in [3.05, 3.63) is 34.1 Å². The van der Waals surface area contributed by atoms with Gasteiger partial charge in [-0.25, -0.2) is 4.39 Å². The maximum atomic E-state index is 13.3. The molecular weight excluding hydrogens is 307 g/mol. The molecule has 0 amide bonds. The summed E-state index contributed by atoms with van der Waals surface area (Å²) >= 11 is 3.50. The smallest absolute Gasteiger partial charge is 0.123 e. The second-order valence-electron chi connectivity index (χ2n) is 5.39. The van der Waals surface area contributed by atoms with Crippen LogP contribution in [0.4, 0.5) is 4.39 Å². The zero-order valence-corrected chi connectivity index (χ0v) is 13.0. The minimum atomic E-state index is -0.175. The van der Waals surface area contributed by atoms with Crippen LogP contribution >= 0.6 is 15.9 Å². The first-order valence-electron chi connectivity index (χ1n) is 7.02. The molecule has 19 heavy (non-hydrogen) atoms. The number of nitrogens with zero attached hydrogens (tertiary/aromatic N) is 1. The molecule has 1 aliphatic rings. The number of likely N-dealkylation sites (tertiary alicyclic amines) is 1. The monoisotopic (exact) mass is 328 g/mol. The minimum absolute atomic E-state index is 0.175. The van der Waals surface area contributed by atoms with Crippen molar-refractivity contribution in [2.75, 3.05) is 13.1 Å². The summed E-state index contributed by atoms with van der Waals surface area (Å²) in [5.74, 6) is 0.617. The van der Waals surface area contributed by atoms with Gasteiger partial charge in [0.05, 0.1) is 0 Å². The van der Waals surface area contributed by atoms with Crippen molar-refractivity contribution >= 4 is 15.9 Å². The van der Waals surface area contributed by atoms with E-state index in [-0.39, 0.29) is 5.82 Å². The quantitative estimate of drug-likeness (QED) is 0.915. The topological polar surface area (TPSA) is 29.3 Å². The lowest BCUT2D eigenvalue weighted by Gasteiger charge is -2.39. The number of hydrogen-bond acceptors (Lipinski definition) is 2. The fraction of sp³-hybridized carbons (Fsp3) is 0.600. The van der Waals surface area contributed by atoms with Crippen molar-refractivity contribution in [3.63, 3.8) is 0 Å². The van der Waals surface area contributed by atoms with Crippen LogP contribution in [0.1, 0.15) is 31.7 Å². The molecule has 4 heteroatoms. The van der Waals surface area contributed by atoms with Crippen LogP contribution in [0, 0.1) is 11.7 Å². The van der Waals surface area contributed by atoms with Crippen LogP contribution < -0.4 is 5.73 Å². The van der Waals surface area contributed by atoms with E-state index >= 15 is 0 Å². The average molecular weight is 329 g/mol. The van der Waals surface area contributed by atoms with Crippen molar-refractivity contribution in [3.8, 4) is 0 Å². The molecule has 2 unspecified atom stereocenters. The third kappa shape index (κ3) is 3.77. The van der Waals surface area contributed by atoms with Gasteiger partial charge in [0.1, 0.15) is 5.82 Å². The van der Waals surface area contributed by atoms with Gasteiger partial charge in [-0.3, -0.25) is 4.90 Å². The third-order valence-corrected chi connectivity index (χ3v) is 4.95. The van der Waals surface area contributed by atoms with E-state index in [1.807, 2.05) is 0 Å². The second kappa shape index (κ2) is 6.82. The minimum Gasteiger partial charge on any atom is -0.329 e. The molecule has 0 bridgehead atoms. The molecule has 2 atom stereocenters. The van der Waals surface area contributed by atoms with Gasteiger partial charge in [0.25, 0.3) is 0 Å². The summed E-state index contributed by atoms with van der Waals surface area (Å²) in [5, 5.41) is 0. The number of hydrogen-bond donors (Lipinski definition) is 1. The molecule has 0 aromatic heterocycles. The van der Waals surface area contributed by atoms with Gasteiger partial charge in [0, 0.05) is 23.6 Å². The molecular formula is C15H22BrFN2. The van der Waals surface area contributed by atoms with E-state index in [4.69, 9.17) is 5.73 Å². The molecule has 2 nitrogen and oxygen atoms in total. The van der Waals surface area contributed by atoms with Crippen LogP contribution in [0.25, 0.3) is 0 Å². The van der Waals surface area contributed by atoms with Gasteiger partial charge in [-0.05, 0) is 49.1 Å². The van der Waals surface area contributed by atoms with E-state index in [2.05, 4.69) is 27.8 Å². The third-order valence-electron chi connectivity index (χ3n) is 4.18. The van der Waals surface area contributed by atoms with Gasteiger partial charge in [-0.2, -0.15) is 0 Å². The van der Waals surface area contributed by atoms with Crippen LogP contribution in [0.3, 0.4) is 0 Å². The fourth-order valence-electron chi connectivity index (χ4n) is 2.89. The molecule has 2 rings (SSSR count). The highest BCUT2D eigenvalue weighted by molar-refractivity contribution is 9.10. The maximum Gasteiger partial charge on any atom is 0.123 e. The molecule has 0 aliphatic carbocycles. The van der Waals surface area contributed by atoms with Crippen LogP contribution in [-0.4, -0.2) is 24.0 Å². The van der Waals surface area contributed by atoms with Crippen LogP contribution in [0.2, 0.25) is 0 Å². The molecule has 1 fully saturated rings. The largest absolute Gasteiger partial charge is 0.329 e. The highest BCUT2D eigenvalue weighted by atomic mass is 79.9. The highest BCUT2D eigenvalue weighted by Gasteiger charge is 2.26. The van der Waals surface area contributed by atoms with Crippen LogP contribution in [0.15, 0.2) is 22.7 Å². The Morgan fingerprint density at radius 1 is 1.47 bits per heavy atom. The lowest BCUT2D eigenvalue weighted by Crippen LogP contribution is -2.46. The van der Waals surface area contributed by atoms with Gasteiger partial charge in [0.15, 0.2) is 0 Å². The first kappa shape index (κ1) is 14.9. The van der Waals surface area contributed by atoms with Crippen LogP contribution in [-0.2, 0) is 6.54 Å². The number of halogens is 2. The Kier molecular flexibility index (Phi) is 5.37. The Hall–Kier alpha value is -0.450. The average Bonchev–Trinajstić information content (AvgIpc) is 2.43. The SMILES string of the molecule is CCC1CCN(Cc2cc(F)ccc2Br)C(CN)C1. The Morgan fingerprint density at radius 3 is 2.95 bits per heavy atom. The molecule has 1 aromatic rings. The van der Waals surface area contributed by atoms with Gasteiger partial charge in [-0.15, -0.1) is 0 Å². The zero-order chi connectivity index (χ0) is 13.8. The zero-order valence-electron chi connectivity index (χ0n) is 11.4. The van der Waals surface area contributed by atoms with Gasteiger partial charge in [0.2, 0.25) is 0 Å². The summed E-state index contributed by atoms with van der Waals surface area (Å²) in [7, 11) is 0. The van der Waals surface area contributed by atoms with Crippen molar-refractivity contribution in [1.29, 1.82) is 0 Å². The number of rotatable bonds is 4. The lowest BCUT2D eigenvalue weighted by molar-refractivity contribution is 0.107. The van der Waals surface area contributed by atoms with E-state index in [0.29, 0.717) is 12.6 Å². The Labute approximate surface area is 123 Å². The van der Waals surface area contributed by atoms with E-state index in [0.717, 1.165) is 29.0 Å². The van der Waals surface area contributed by atoms with Gasteiger partial charge >= 0.3 is 0 Å². The lowest BCUT2D eigenvalue weighted by atomic mass is 9.88. The summed E-state index contributed by atoms with van der Waals surface area (Å²) in [4.78, 5) is 2.39. The first-order chi connectivity index (χ1) is 9.13. The molecule has 0 spiro atoms. The van der Waals surface area contributed by atoms with Crippen LogP contribution in [0.5, 0.6) is 0 Å². The standard InChI is InChI=1S/C15H22BrFN2/c1-2-11-5-6-19(14(7-11)9-18)10-12-8-13(17)3-4-15(12)16/h3-4,8,11,14H,2,5-7,9-10,18H2,1H3. The Bertz CT molecular complexity index is 425. The summed E-state index contributed by atoms with van der Waals surface area (Å²) in [6.07, 6.45) is 3.62. The Morgan fingerprint density at radius 2 is 2.26 bits per heavy atom. The normalized spacial score (nSPS) is 24.6. The van der Waals surface area contributed by atoms with Gasteiger partial charge in [-0.1, -0.05) is 29.3 Å². The number of nitrogens with two attached hydrogens (primary N) is 1. The van der Waals surface area contributed by atoms with Crippen molar-refractivity contribution in [2.24, 2.45) is 11.7 Å². The second-order valence-corrected chi connectivity index (χ2v) is 6.25. The molecule has 1 saturated heterocycles. The summed E-state index contributed by atoms with van der Waals surface area (Å²) in [6, 6.07) is 5.30. The van der Waals surface area contributed by atoms with E-state index in [9.17, 15) is 4.39 Å². The summed E-state index contributed by atoms with van der Waals surface area (Å²) < 4.78 is 14.3. The van der Waals surface area contributed by atoms with Crippen molar-refractivity contribution in [2.45, 2.75) is 38.8 Å². The van der Waals surface area contributed by atoms with E-state index in [1.165, 1.54) is 25.3 Å². The van der Waals surface area contributed by atoms with Crippen molar-refractivity contribution < 1.29 is 4.39 Å². The first-order valence-corrected chi connectivity index (χ1v) is 7.81. The summed E-state index contributed by atoms with van der Waals surface area (Å²) in [6.45, 7) is 4.76. The molecule has 0 saturated carbocycles. The molecule has 1 aliphatic heterocycles. The van der Waals surface area contributed by atoms with E-state index < -0.39 is 0 Å².